The van der Waals surface area contributed by atoms with Crippen molar-refractivity contribution in [2.24, 2.45) is 4.99 Å². The highest BCUT2D eigenvalue weighted by Crippen LogP contribution is 2.36. The van der Waals surface area contributed by atoms with Crippen LogP contribution in [0.5, 0.6) is 0 Å². The van der Waals surface area contributed by atoms with Gasteiger partial charge in [0.2, 0.25) is 0 Å². The normalized spacial score (nSPS) is 16.3. The van der Waals surface area contributed by atoms with Crippen molar-refractivity contribution in [3.8, 4) is 0 Å². The molecule has 1 heterocycles. The summed E-state index contributed by atoms with van der Waals surface area (Å²) in [6.45, 7) is 2.91. The number of hydrogen-bond acceptors (Lipinski definition) is 5. The molecule has 0 atom stereocenters. The number of fused-ring (bicyclic) bond motifs is 1. The molecule has 148 valence electrons. The first-order valence-electron chi connectivity index (χ1n) is 8.81. The van der Waals surface area contributed by atoms with Gasteiger partial charge >= 0.3 is 0 Å². The molecular formula is C19H20ClN3O3S2. The number of benzene rings is 2. The maximum absolute atomic E-state index is 12.6. The lowest BCUT2D eigenvalue weighted by molar-refractivity contribution is 0.0950. The van der Waals surface area contributed by atoms with Gasteiger partial charge in [0.1, 0.15) is 4.90 Å². The van der Waals surface area contributed by atoms with Crippen LogP contribution in [-0.2, 0) is 16.6 Å². The Labute approximate surface area is 173 Å². The third-order valence-corrected chi connectivity index (χ3v) is 6.99. The van der Waals surface area contributed by atoms with Crippen LogP contribution in [0.15, 0.2) is 57.2 Å². The number of amides is 1. The van der Waals surface area contributed by atoms with Crippen LogP contribution < -0.4 is 10.0 Å². The van der Waals surface area contributed by atoms with Crippen molar-refractivity contribution in [3.05, 3.63) is 58.6 Å². The molecule has 0 unspecified atom stereocenters. The van der Waals surface area contributed by atoms with Crippen molar-refractivity contribution in [2.75, 3.05) is 6.54 Å². The Balaban J connectivity index is 1.83. The second-order valence-electron chi connectivity index (χ2n) is 6.20. The molecule has 0 bridgehead atoms. The van der Waals surface area contributed by atoms with Crippen LogP contribution in [0.25, 0.3) is 0 Å². The number of rotatable bonds is 6. The highest BCUT2D eigenvalue weighted by atomic mass is 35.5. The summed E-state index contributed by atoms with van der Waals surface area (Å²) in [5, 5.41) is 3.28. The zero-order valence-electron chi connectivity index (χ0n) is 15.2. The van der Waals surface area contributed by atoms with E-state index in [9.17, 15) is 13.2 Å². The summed E-state index contributed by atoms with van der Waals surface area (Å²) in [5.74, 6) is -0.431. The van der Waals surface area contributed by atoms with Gasteiger partial charge in [0.05, 0.1) is 10.6 Å². The number of amidine groups is 1. The summed E-state index contributed by atoms with van der Waals surface area (Å²) >= 11 is 7.47. The highest BCUT2D eigenvalue weighted by molar-refractivity contribution is 8.16. The third-order valence-electron chi connectivity index (χ3n) is 4.06. The smallest absolute Gasteiger partial charge is 0.264 e. The number of halogens is 1. The molecule has 0 saturated heterocycles. The van der Waals surface area contributed by atoms with Gasteiger partial charge in [-0.15, -0.1) is 0 Å². The molecular weight excluding hydrogens is 418 g/mol. The standard InChI is InChI=1S/C19H20ClN3O3S2/c1-2-3-9-21-19-23-28(25,26)17-10-14(15(20)11-16(17)27-19)18(24)22-12-13-7-5-4-6-8-13/h4-8,10-11H,2-3,9,12H2,1H3,(H,21,23)(H,22,24). The van der Waals surface area contributed by atoms with E-state index in [4.69, 9.17) is 11.6 Å². The molecule has 0 radical (unpaired) electrons. The van der Waals surface area contributed by atoms with Crippen LogP contribution >= 0.6 is 23.4 Å². The van der Waals surface area contributed by atoms with Crippen LogP contribution in [-0.4, -0.2) is 26.0 Å². The van der Waals surface area contributed by atoms with E-state index in [0.29, 0.717) is 23.2 Å². The third kappa shape index (κ3) is 4.87. The maximum Gasteiger partial charge on any atom is 0.264 e. The number of nitrogens with zero attached hydrogens (tertiary/aromatic N) is 1. The first kappa shape index (κ1) is 20.7. The molecule has 0 spiro atoms. The van der Waals surface area contributed by atoms with E-state index in [1.54, 1.807) is 0 Å². The number of nitrogens with one attached hydrogen (secondary N) is 2. The van der Waals surface area contributed by atoms with E-state index >= 15 is 0 Å². The van der Waals surface area contributed by atoms with Gasteiger partial charge < -0.3 is 5.32 Å². The molecule has 0 saturated carbocycles. The van der Waals surface area contributed by atoms with Gasteiger partial charge in [0.25, 0.3) is 15.9 Å². The quantitative estimate of drug-likeness (QED) is 0.672. The van der Waals surface area contributed by atoms with Gasteiger partial charge in [0, 0.05) is 18.0 Å². The summed E-state index contributed by atoms with van der Waals surface area (Å²) < 4.78 is 27.7. The van der Waals surface area contributed by atoms with Gasteiger partial charge in [-0.25, -0.2) is 8.42 Å². The van der Waals surface area contributed by atoms with E-state index in [0.717, 1.165) is 18.4 Å². The van der Waals surface area contributed by atoms with E-state index in [1.165, 1.54) is 23.9 Å². The number of sulfonamides is 1. The summed E-state index contributed by atoms with van der Waals surface area (Å²) in [5.41, 5.74) is 1.05. The monoisotopic (exact) mass is 437 g/mol. The Morgan fingerprint density at radius 1 is 1.25 bits per heavy atom. The molecule has 1 aliphatic rings. The molecule has 0 aromatic heterocycles. The summed E-state index contributed by atoms with van der Waals surface area (Å²) in [4.78, 5) is 17.3. The second-order valence-corrected chi connectivity index (χ2v) is 9.28. The number of unbranched alkanes of at least 4 members (excludes halogenated alkanes) is 1. The fourth-order valence-corrected chi connectivity index (χ4v) is 5.54. The fourth-order valence-electron chi connectivity index (χ4n) is 2.57. The number of aliphatic imine (C=N–C) groups is 1. The number of thioether (sulfide) groups is 1. The van der Waals surface area contributed by atoms with Crippen molar-refractivity contribution < 1.29 is 13.2 Å². The molecule has 1 amide bonds. The van der Waals surface area contributed by atoms with Crippen LogP contribution in [0.3, 0.4) is 0 Å². The Hall–Kier alpha value is -2.03. The molecule has 3 rings (SSSR count). The predicted octanol–water partition coefficient (Wildman–Crippen LogP) is 3.81. The Morgan fingerprint density at radius 3 is 2.71 bits per heavy atom. The molecule has 6 nitrogen and oxygen atoms in total. The van der Waals surface area contributed by atoms with Gasteiger partial charge in [-0.1, -0.05) is 67.0 Å². The fraction of sp³-hybridized carbons (Fsp3) is 0.263. The first-order chi connectivity index (χ1) is 13.4. The van der Waals surface area contributed by atoms with Gasteiger partial charge in [-0.2, -0.15) is 0 Å². The number of carbonyl (C=O) groups is 1. The number of carbonyl (C=O) groups excluding carboxylic acids is 1. The topological polar surface area (TPSA) is 87.6 Å². The number of hydrogen-bond donors (Lipinski definition) is 2. The first-order valence-corrected chi connectivity index (χ1v) is 11.5. The highest BCUT2D eigenvalue weighted by Gasteiger charge is 2.30. The van der Waals surface area contributed by atoms with Crippen molar-refractivity contribution in [1.29, 1.82) is 0 Å². The van der Waals surface area contributed by atoms with Crippen LogP contribution in [0.4, 0.5) is 0 Å². The SMILES string of the molecule is CCCCN=C1NS(=O)(=O)c2cc(C(=O)NCc3ccccc3)c(Cl)cc2S1. The van der Waals surface area contributed by atoms with E-state index in [1.807, 2.05) is 37.3 Å². The molecule has 28 heavy (non-hydrogen) atoms. The lowest BCUT2D eigenvalue weighted by Gasteiger charge is -2.20. The molecule has 2 aromatic carbocycles. The lowest BCUT2D eigenvalue weighted by Crippen LogP contribution is -2.33. The average molecular weight is 438 g/mol. The maximum atomic E-state index is 12.6. The second kappa shape index (κ2) is 8.98. The van der Waals surface area contributed by atoms with Gasteiger partial charge in [-0.3, -0.25) is 14.5 Å². The van der Waals surface area contributed by atoms with Crippen molar-refractivity contribution in [2.45, 2.75) is 36.1 Å². The average Bonchev–Trinajstić information content (AvgIpc) is 2.66. The minimum absolute atomic E-state index is 0.0289. The molecule has 9 heteroatoms. The molecule has 2 aromatic rings. The van der Waals surface area contributed by atoms with E-state index in [2.05, 4.69) is 15.0 Å². The molecule has 2 N–H and O–H groups in total. The Kier molecular flexibility index (Phi) is 6.64. The predicted molar refractivity (Wildman–Crippen MR) is 112 cm³/mol. The zero-order chi connectivity index (χ0) is 20.1. The van der Waals surface area contributed by atoms with Gasteiger partial charge in [-0.05, 0) is 24.1 Å². The summed E-state index contributed by atoms with van der Waals surface area (Å²) in [6.07, 6.45) is 1.85. The lowest BCUT2D eigenvalue weighted by atomic mass is 10.2. The van der Waals surface area contributed by atoms with Crippen LogP contribution in [0.1, 0.15) is 35.7 Å². The molecule has 0 fully saturated rings. The minimum Gasteiger partial charge on any atom is -0.348 e. The largest absolute Gasteiger partial charge is 0.348 e. The Bertz CT molecular complexity index is 1010. The van der Waals surface area contributed by atoms with Crippen LogP contribution in [0, 0.1) is 0 Å². The Morgan fingerprint density at radius 2 is 2.00 bits per heavy atom. The molecule has 1 aliphatic heterocycles. The summed E-state index contributed by atoms with van der Waals surface area (Å²) in [6, 6.07) is 12.2. The van der Waals surface area contributed by atoms with E-state index < -0.39 is 15.9 Å². The van der Waals surface area contributed by atoms with E-state index in [-0.39, 0.29) is 15.5 Å². The van der Waals surface area contributed by atoms with Crippen molar-refractivity contribution in [3.63, 3.8) is 0 Å². The van der Waals surface area contributed by atoms with Crippen LogP contribution in [0.2, 0.25) is 5.02 Å². The zero-order valence-corrected chi connectivity index (χ0v) is 17.6. The minimum atomic E-state index is -3.81. The van der Waals surface area contributed by atoms with Gasteiger partial charge in [0.15, 0.2) is 5.17 Å². The summed E-state index contributed by atoms with van der Waals surface area (Å²) in [7, 11) is -3.81. The van der Waals surface area contributed by atoms with Crippen molar-refractivity contribution >= 4 is 44.5 Å². The van der Waals surface area contributed by atoms with Crippen molar-refractivity contribution in [1.82, 2.24) is 10.0 Å². The molecule has 0 aliphatic carbocycles.